The number of aromatic amines is 1. The second kappa shape index (κ2) is 6.59. The van der Waals surface area contributed by atoms with Gasteiger partial charge >= 0.3 is 0 Å². The number of likely N-dealkylation sites (N-methyl/N-ethyl adjacent to an activating group) is 1. The molecule has 0 aliphatic rings. The molecule has 0 radical (unpaired) electrons. The summed E-state index contributed by atoms with van der Waals surface area (Å²) in [6.07, 6.45) is 3.25. The molecule has 0 saturated carbocycles. The molecule has 1 aromatic heterocycles. The van der Waals surface area contributed by atoms with Crippen molar-refractivity contribution in [3.05, 3.63) is 40.3 Å². The van der Waals surface area contributed by atoms with Crippen LogP contribution in [-0.4, -0.2) is 41.6 Å². The van der Waals surface area contributed by atoms with E-state index in [1.54, 1.807) is 12.1 Å². The van der Waals surface area contributed by atoms with Crippen LogP contribution in [0.4, 0.5) is 0 Å². The minimum absolute atomic E-state index is 0.181. The smallest absolute Gasteiger partial charge is 0.264 e. The van der Waals surface area contributed by atoms with Crippen LogP contribution in [0.2, 0.25) is 0 Å². The molecule has 0 fully saturated rings. The first-order valence-corrected chi connectivity index (χ1v) is 5.21. The maximum absolute atomic E-state index is 11.3. The molecular weight excluding hydrogens is 220 g/mol. The predicted molar refractivity (Wildman–Crippen MR) is 64.4 cm³/mol. The first-order valence-electron chi connectivity index (χ1n) is 5.21. The molecule has 0 aliphatic carbocycles. The van der Waals surface area contributed by atoms with Gasteiger partial charge in [0.25, 0.3) is 5.56 Å². The van der Waals surface area contributed by atoms with Crippen molar-refractivity contribution in [2.45, 2.75) is 6.54 Å². The molecule has 0 atom stereocenters. The van der Waals surface area contributed by atoms with Gasteiger partial charge in [-0.15, -0.1) is 0 Å². The molecule has 1 amide bonds. The Kier molecular flexibility index (Phi) is 5.09. The van der Waals surface area contributed by atoms with Crippen LogP contribution >= 0.6 is 0 Å². The van der Waals surface area contributed by atoms with Gasteiger partial charge in [0.05, 0.1) is 12.2 Å². The van der Waals surface area contributed by atoms with Gasteiger partial charge in [-0.25, -0.2) is 5.10 Å². The molecule has 0 aliphatic heterocycles. The van der Waals surface area contributed by atoms with E-state index in [-0.39, 0.29) is 11.5 Å². The SMILES string of the molecule is CN(C)C/C=C/C(=O)NCc1ccc(=O)[nH]n1. The number of carbonyl (C=O) groups is 1. The Morgan fingerprint density at radius 3 is 2.88 bits per heavy atom. The average molecular weight is 236 g/mol. The number of nitrogens with zero attached hydrogens (tertiary/aromatic N) is 2. The molecule has 0 spiro atoms. The number of hydrogen-bond acceptors (Lipinski definition) is 4. The van der Waals surface area contributed by atoms with Crippen molar-refractivity contribution >= 4 is 5.91 Å². The van der Waals surface area contributed by atoms with E-state index in [4.69, 9.17) is 0 Å². The van der Waals surface area contributed by atoms with Crippen molar-refractivity contribution < 1.29 is 4.79 Å². The Morgan fingerprint density at radius 2 is 2.29 bits per heavy atom. The third-order valence-corrected chi connectivity index (χ3v) is 1.92. The lowest BCUT2D eigenvalue weighted by atomic mass is 10.3. The van der Waals surface area contributed by atoms with E-state index < -0.39 is 0 Å². The molecule has 1 aromatic rings. The lowest BCUT2D eigenvalue weighted by Crippen LogP contribution is -2.22. The highest BCUT2D eigenvalue weighted by molar-refractivity contribution is 5.87. The zero-order chi connectivity index (χ0) is 12.7. The molecule has 1 rings (SSSR count). The second-order valence-electron chi connectivity index (χ2n) is 3.79. The topological polar surface area (TPSA) is 78.1 Å². The van der Waals surface area contributed by atoms with E-state index in [9.17, 15) is 9.59 Å². The molecule has 0 bridgehead atoms. The number of rotatable bonds is 5. The molecule has 6 heteroatoms. The van der Waals surface area contributed by atoms with Gasteiger partial charge in [0.15, 0.2) is 0 Å². The number of amides is 1. The normalized spacial score (nSPS) is 11.0. The van der Waals surface area contributed by atoms with Crippen molar-refractivity contribution in [3.63, 3.8) is 0 Å². The van der Waals surface area contributed by atoms with Crippen LogP contribution in [0.5, 0.6) is 0 Å². The van der Waals surface area contributed by atoms with Crippen LogP contribution in [0.15, 0.2) is 29.1 Å². The first-order chi connectivity index (χ1) is 8.08. The molecule has 1 heterocycles. The fraction of sp³-hybridized carbons (Fsp3) is 0.364. The highest BCUT2D eigenvalue weighted by Gasteiger charge is 1.97. The van der Waals surface area contributed by atoms with Gasteiger partial charge in [0.2, 0.25) is 5.91 Å². The highest BCUT2D eigenvalue weighted by Crippen LogP contribution is 1.87. The minimum atomic E-state index is -0.258. The monoisotopic (exact) mass is 236 g/mol. The van der Waals surface area contributed by atoms with Crippen LogP contribution in [0.3, 0.4) is 0 Å². The lowest BCUT2D eigenvalue weighted by molar-refractivity contribution is -0.116. The quantitative estimate of drug-likeness (QED) is 0.676. The van der Waals surface area contributed by atoms with Crippen molar-refractivity contribution in [3.8, 4) is 0 Å². The molecule has 2 N–H and O–H groups in total. The summed E-state index contributed by atoms with van der Waals surface area (Å²) in [7, 11) is 3.85. The van der Waals surface area contributed by atoms with Gasteiger partial charge in [0, 0.05) is 18.7 Å². The summed E-state index contributed by atoms with van der Waals surface area (Å²) < 4.78 is 0. The Balaban J connectivity index is 2.35. The third kappa shape index (κ3) is 5.62. The molecule has 0 unspecified atom stereocenters. The molecule has 6 nitrogen and oxygen atoms in total. The summed E-state index contributed by atoms with van der Waals surface area (Å²) in [6, 6.07) is 2.94. The van der Waals surface area contributed by atoms with Crippen molar-refractivity contribution in [2.24, 2.45) is 0 Å². The van der Waals surface area contributed by atoms with E-state index in [0.29, 0.717) is 18.8 Å². The highest BCUT2D eigenvalue weighted by atomic mass is 16.1. The fourth-order valence-corrected chi connectivity index (χ4v) is 1.08. The van der Waals surface area contributed by atoms with Gasteiger partial charge < -0.3 is 10.2 Å². The second-order valence-corrected chi connectivity index (χ2v) is 3.79. The Morgan fingerprint density at radius 1 is 1.53 bits per heavy atom. The number of aromatic nitrogens is 2. The molecule has 0 saturated heterocycles. The Bertz CT molecular complexity index is 431. The summed E-state index contributed by atoms with van der Waals surface area (Å²) in [5, 5.41) is 8.74. The number of nitrogens with one attached hydrogen (secondary N) is 2. The Hall–Kier alpha value is -1.95. The number of H-pyrrole nitrogens is 1. The van der Waals surface area contributed by atoms with E-state index in [1.807, 2.05) is 19.0 Å². The maximum atomic E-state index is 11.3. The predicted octanol–water partition coefficient (Wildman–Crippen LogP) is -0.496. The van der Waals surface area contributed by atoms with E-state index >= 15 is 0 Å². The summed E-state index contributed by atoms with van der Waals surface area (Å²) in [5.41, 5.74) is 0.352. The fourth-order valence-electron chi connectivity index (χ4n) is 1.08. The maximum Gasteiger partial charge on any atom is 0.264 e. The van der Waals surface area contributed by atoms with E-state index in [1.165, 1.54) is 12.1 Å². The molecular formula is C11H16N4O2. The van der Waals surface area contributed by atoms with E-state index in [2.05, 4.69) is 15.5 Å². The number of hydrogen-bond donors (Lipinski definition) is 2. The molecule has 0 aromatic carbocycles. The molecule has 17 heavy (non-hydrogen) atoms. The van der Waals surface area contributed by atoms with Gasteiger partial charge in [-0.1, -0.05) is 6.08 Å². The average Bonchev–Trinajstić information content (AvgIpc) is 2.28. The Labute approximate surface area is 99.3 Å². The van der Waals surface area contributed by atoms with E-state index in [0.717, 1.165) is 0 Å². The zero-order valence-corrected chi connectivity index (χ0v) is 9.93. The van der Waals surface area contributed by atoms with Crippen molar-refractivity contribution in [1.29, 1.82) is 0 Å². The van der Waals surface area contributed by atoms with Gasteiger partial charge in [-0.05, 0) is 20.2 Å². The third-order valence-electron chi connectivity index (χ3n) is 1.92. The molecule has 92 valence electrons. The minimum Gasteiger partial charge on any atom is -0.347 e. The van der Waals surface area contributed by atoms with Crippen LogP contribution in [0, 0.1) is 0 Å². The first kappa shape index (κ1) is 13.1. The van der Waals surface area contributed by atoms with Gasteiger partial charge in [-0.2, -0.15) is 5.10 Å². The summed E-state index contributed by atoms with van der Waals surface area (Å²) in [4.78, 5) is 24.0. The van der Waals surface area contributed by atoms with Crippen LogP contribution in [0.1, 0.15) is 5.69 Å². The summed E-state index contributed by atoms with van der Waals surface area (Å²) in [5.74, 6) is -0.181. The standard InChI is InChI=1S/C11H16N4O2/c1-15(2)7-3-4-10(16)12-8-9-5-6-11(17)14-13-9/h3-6H,7-8H2,1-2H3,(H,12,16)(H,14,17)/b4-3+. The van der Waals surface area contributed by atoms with Gasteiger partial charge in [-0.3, -0.25) is 9.59 Å². The largest absolute Gasteiger partial charge is 0.347 e. The van der Waals surface area contributed by atoms with Crippen LogP contribution in [-0.2, 0) is 11.3 Å². The number of carbonyl (C=O) groups excluding carboxylic acids is 1. The summed E-state index contributed by atoms with van der Waals surface area (Å²) >= 11 is 0. The zero-order valence-electron chi connectivity index (χ0n) is 9.93. The van der Waals surface area contributed by atoms with Crippen LogP contribution in [0.25, 0.3) is 0 Å². The summed E-state index contributed by atoms with van der Waals surface area (Å²) in [6.45, 7) is 1.01. The van der Waals surface area contributed by atoms with Crippen LogP contribution < -0.4 is 10.9 Å². The van der Waals surface area contributed by atoms with Gasteiger partial charge in [0.1, 0.15) is 0 Å². The lowest BCUT2D eigenvalue weighted by Gasteiger charge is -2.04. The van der Waals surface area contributed by atoms with Crippen molar-refractivity contribution in [2.75, 3.05) is 20.6 Å². The van der Waals surface area contributed by atoms with Crippen molar-refractivity contribution in [1.82, 2.24) is 20.4 Å².